The van der Waals surface area contributed by atoms with Crippen LogP contribution in [-0.2, 0) is 18.3 Å². The molecule has 2 aromatic heterocycles. The van der Waals surface area contributed by atoms with Crippen LogP contribution in [0.5, 0.6) is 0 Å². The van der Waals surface area contributed by atoms with Crippen molar-refractivity contribution in [2.75, 3.05) is 27.2 Å². The summed E-state index contributed by atoms with van der Waals surface area (Å²) in [4.78, 5) is 25.7. The molecule has 6 nitrogen and oxygen atoms in total. The second kappa shape index (κ2) is 6.74. The molecule has 0 aliphatic carbocycles. The Kier molecular flexibility index (Phi) is 4.17. The number of H-pyrrole nitrogens is 1. The molecule has 0 radical (unpaired) electrons. The molecule has 1 amide bonds. The van der Waals surface area contributed by atoms with Gasteiger partial charge in [-0.25, -0.2) is 4.98 Å². The molecular weight excluding hydrogens is 362 g/mol. The maximum atomic E-state index is 13.2. The van der Waals surface area contributed by atoms with E-state index in [4.69, 9.17) is 4.98 Å². The lowest BCUT2D eigenvalue weighted by atomic mass is 9.96. The topological polar surface area (TPSA) is 57.2 Å². The van der Waals surface area contributed by atoms with E-state index in [-0.39, 0.29) is 11.9 Å². The van der Waals surface area contributed by atoms with E-state index in [1.165, 1.54) is 10.9 Å². The van der Waals surface area contributed by atoms with Gasteiger partial charge in [-0.3, -0.25) is 4.79 Å². The summed E-state index contributed by atoms with van der Waals surface area (Å²) in [5, 5.41) is 1.24. The van der Waals surface area contributed by atoms with Gasteiger partial charge in [0.2, 0.25) is 5.91 Å². The fourth-order valence-electron chi connectivity index (χ4n) is 4.55. The molecule has 2 aromatic carbocycles. The Hall–Kier alpha value is -3.12. The number of imidazole rings is 1. The van der Waals surface area contributed by atoms with Gasteiger partial charge < -0.3 is 19.4 Å². The molecule has 0 fully saturated rings. The molecule has 148 valence electrons. The Labute approximate surface area is 169 Å². The molecule has 0 bridgehead atoms. The highest BCUT2D eigenvalue weighted by molar-refractivity contribution is 5.87. The van der Waals surface area contributed by atoms with Gasteiger partial charge in [-0.2, -0.15) is 0 Å². The monoisotopic (exact) mass is 387 g/mol. The SMILES string of the molecule is CN(C)CC(=O)N1CCc2c([nH]c3ccccc23)C1c1nc2ccccc2n1C. The van der Waals surface area contributed by atoms with Crippen LogP contribution < -0.4 is 0 Å². The van der Waals surface area contributed by atoms with Gasteiger partial charge in [0.05, 0.1) is 23.3 Å². The second-order valence-corrected chi connectivity index (χ2v) is 8.06. The summed E-state index contributed by atoms with van der Waals surface area (Å²) in [6, 6.07) is 16.3. The number of fused-ring (bicyclic) bond motifs is 4. The number of rotatable bonds is 3. The van der Waals surface area contributed by atoms with Crippen molar-refractivity contribution in [1.29, 1.82) is 0 Å². The lowest BCUT2D eigenvalue weighted by Crippen LogP contribution is -2.45. The number of aryl methyl sites for hydroxylation is 1. The van der Waals surface area contributed by atoms with Crippen molar-refractivity contribution in [3.8, 4) is 0 Å². The van der Waals surface area contributed by atoms with Crippen molar-refractivity contribution < 1.29 is 4.79 Å². The summed E-state index contributed by atoms with van der Waals surface area (Å²) in [6.07, 6.45) is 0.846. The number of para-hydroxylation sites is 3. The molecule has 1 aliphatic rings. The van der Waals surface area contributed by atoms with Crippen molar-refractivity contribution in [3.63, 3.8) is 0 Å². The lowest BCUT2D eigenvalue weighted by Gasteiger charge is -2.36. The van der Waals surface area contributed by atoms with E-state index in [9.17, 15) is 4.79 Å². The Morgan fingerprint density at radius 2 is 1.93 bits per heavy atom. The van der Waals surface area contributed by atoms with Crippen LogP contribution >= 0.6 is 0 Å². The molecule has 5 rings (SSSR count). The van der Waals surface area contributed by atoms with Crippen LogP contribution in [0.25, 0.3) is 21.9 Å². The summed E-state index contributed by atoms with van der Waals surface area (Å²) >= 11 is 0. The molecule has 1 unspecified atom stereocenters. The Morgan fingerprint density at radius 3 is 2.72 bits per heavy atom. The Morgan fingerprint density at radius 1 is 1.17 bits per heavy atom. The molecule has 1 atom stereocenters. The van der Waals surface area contributed by atoms with Crippen LogP contribution in [0.15, 0.2) is 48.5 Å². The quantitative estimate of drug-likeness (QED) is 0.588. The third-order valence-electron chi connectivity index (χ3n) is 5.87. The number of hydrogen-bond donors (Lipinski definition) is 1. The molecule has 29 heavy (non-hydrogen) atoms. The van der Waals surface area contributed by atoms with E-state index in [2.05, 4.69) is 33.8 Å². The number of likely N-dealkylation sites (N-methyl/N-ethyl adjacent to an activating group) is 1. The normalized spacial score (nSPS) is 16.7. The van der Waals surface area contributed by atoms with Gasteiger partial charge in [-0.1, -0.05) is 30.3 Å². The molecule has 3 heterocycles. The fourth-order valence-corrected chi connectivity index (χ4v) is 4.55. The first-order valence-electron chi connectivity index (χ1n) is 9.99. The lowest BCUT2D eigenvalue weighted by molar-refractivity contribution is -0.134. The van der Waals surface area contributed by atoms with E-state index in [1.807, 2.05) is 55.2 Å². The molecule has 0 saturated heterocycles. The van der Waals surface area contributed by atoms with Crippen LogP contribution in [0.1, 0.15) is 23.1 Å². The number of nitrogens with one attached hydrogen (secondary N) is 1. The van der Waals surface area contributed by atoms with Gasteiger partial charge in [0.15, 0.2) is 0 Å². The Balaban J connectivity index is 1.72. The van der Waals surface area contributed by atoms with Crippen LogP contribution in [-0.4, -0.2) is 57.4 Å². The minimum absolute atomic E-state index is 0.122. The highest BCUT2D eigenvalue weighted by atomic mass is 16.2. The Bertz CT molecular complexity index is 1220. The third kappa shape index (κ3) is 2.83. The largest absolute Gasteiger partial charge is 0.356 e. The summed E-state index contributed by atoms with van der Waals surface area (Å²) in [6.45, 7) is 1.07. The maximum absolute atomic E-state index is 13.2. The second-order valence-electron chi connectivity index (χ2n) is 8.06. The molecule has 0 spiro atoms. The zero-order valence-electron chi connectivity index (χ0n) is 17.0. The van der Waals surface area contributed by atoms with Gasteiger partial charge in [-0.05, 0) is 44.3 Å². The van der Waals surface area contributed by atoms with Crippen LogP contribution in [0, 0.1) is 0 Å². The third-order valence-corrected chi connectivity index (χ3v) is 5.87. The van der Waals surface area contributed by atoms with Gasteiger partial charge in [0, 0.05) is 24.5 Å². The summed E-state index contributed by atoms with van der Waals surface area (Å²) in [7, 11) is 5.90. The molecular formula is C23H25N5O. The van der Waals surface area contributed by atoms with Crippen LogP contribution in [0.2, 0.25) is 0 Å². The number of hydrogen-bond acceptors (Lipinski definition) is 3. The molecule has 1 aliphatic heterocycles. The molecule has 6 heteroatoms. The first kappa shape index (κ1) is 17.9. The minimum Gasteiger partial charge on any atom is -0.356 e. The van der Waals surface area contributed by atoms with E-state index in [0.29, 0.717) is 13.1 Å². The molecule has 4 aromatic rings. The van der Waals surface area contributed by atoms with Crippen molar-refractivity contribution in [3.05, 3.63) is 65.6 Å². The average Bonchev–Trinajstić information content (AvgIpc) is 3.25. The number of aromatic amines is 1. The van der Waals surface area contributed by atoms with E-state index in [1.54, 1.807) is 0 Å². The number of carbonyl (C=O) groups is 1. The highest BCUT2D eigenvalue weighted by Gasteiger charge is 2.37. The predicted molar refractivity (Wildman–Crippen MR) is 115 cm³/mol. The fraction of sp³-hybridized carbons (Fsp3) is 0.304. The number of aromatic nitrogens is 3. The maximum Gasteiger partial charge on any atom is 0.237 e. The smallest absolute Gasteiger partial charge is 0.237 e. The van der Waals surface area contributed by atoms with Gasteiger partial charge >= 0.3 is 0 Å². The van der Waals surface area contributed by atoms with E-state index >= 15 is 0 Å². The zero-order chi connectivity index (χ0) is 20.1. The summed E-state index contributed by atoms with van der Waals surface area (Å²) in [5.74, 6) is 1.02. The van der Waals surface area contributed by atoms with Crippen LogP contribution in [0.3, 0.4) is 0 Å². The standard InChI is InChI=1S/C23H25N5O/c1-26(2)14-20(29)28-13-12-16-15-8-4-5-9-17(15)24-21(16)22(28)23-25-18-10-6-7-11-19(18)27(23)3/h4-11,22,24H,12-14H2,1-3H3. The summed E-state index contributed by atoms with van der Waals surface area (Å²) in [5.41, 5.74) is 5.52. The van der Waals surface area contributed by atoms with Crippen molar-refractivity contribution >= 4 is 27.8 Å². The van der Waals surface area contributed by atoms with Crippen molar-refractivity contribution in [1.82, 2.24) is 24.3 Å². The van der Waals surface area contributed by atoms with E-state index < -0.39 is 0 Å². The van der Waals surface area contributed by atoms with Gasteiger partial charge in [-0.15, -0.1) is 0 Å². The van der Waals surface area contributed by atoms with Crippen LogP contribution in [0.4, 0.5) is 0 Å². The number of carbonyl (C=O) groups excluding carboxylic acids is 1. The van der Waals surface area contributed by atoms with E-state index in [0.717, 1.165) is 34.5 Å². The first-order chi connectivity index (χ1) is 14.0. The van der Waals surface area contributed by atoms with Crippen molar-refractivity contribution in [2.45, 2.75) is 12.5 Å². The minimum atomic E-state index is -0.226. The predicted octanol–water partition coefficient (Wildman–Crippen LogP) is 3.09. The van der Waals surface area contributed by atoms with Crippen molar-refractivity contribution in [2.24, 2.45) is 7.05 Å². The van der Waals surface area contributed by atoms with Gasteiger partial charge in [0.25, 0.3) is 0 Å². The highest BCUT2D eigenvalue weighted by Crippen LogP contribution is 2.38. The summed E-state index contributed by atoms with van der Waals surface area (Å²) < 4.78 is 2.12. The molecule has 0 saturated carbocycles. The zero-order valence-corrected chi connectivity index (χ0v) is 17.0. The number of amides is 1. The average molecular weight is 387 g/mol. The number of benzene rings is 2. The molecule has 1 N–H and O–H groups in total. The number of nitrogens with zero attached hydrogens (tertiary/aromatic N) is 4. The first-order valence-corrected chi connectivity index (χ1v) is 9.99. The van der Waals surface area contributed by atoms with Gasteiger partial charge in [0.1, 0.15) is 11.9 Å².